The van der Waals surface area contributed by atoms with Crippen molar-refractivity contribution in [3.8, 4) is 5.75 Å². The molecule has 172 valence electrons. The molecule has 4 aromatic rings. The van der Waals surface area contributed by atoms with Gasteiger partial charge in [-0.25, -0.2) is 4.79 Å². The maximum Gasteiger partial charge on any atom is 0.337 e. The van der Waals surface area contributed by atoms with Gasteiger partial charge in [-0.2, -0.15) is 0 Å². The molecule has 0 fully saturated rings. The number of esters is 1. The van der Waals surface area contributed by atoms with Crippen LogP contribution in [0.5, 0.6) is 5.75 Å². The van der Waals surface area contributed by atoms with Crippen LogP contribution in [0.25, 0.3) is 17.0 Å². The van der Waals surface area contributed by atoms with Crippen molar-refractivity contribution in [3.63, 3.8) is 0 Å². The third-order valence-electron chi connectivity index (χ3n) is 5.66. The fourth-order valence-corrected chi connectivity index (χ4v) is 4.00. The highest BCUT2D eigenvalue weighted by Crippen LogP contribution is 2.39. The molecular weight excluding hydrogens is 434 g/mol. The Morgan fingerprint density at radius 2 is 2.00 bits per heavy atom. The molecule has 0 saturated heterocycles. The molecule has 0 radical (unpaired) electrons. The fraction of sp³-hybridized carbons (Fsp3) is 0.154. The second kappa shape index (κ2) is 9.99. The number of non-ortho nitro benzene ring substituents is 1. The molecule has 8 nitrogen and oxygen atoms in total. The molecule has 1 unspecified atom stereocenters. The van der Waals surface area contributed by atoms with Crippen LogP contribution in [0.2, 0.25) is 0 Å². The smallest absolute Gasteiger partial charge is 0.337 e. The van der Waals surface area contributed by atoms with Crippen molar-refractivity contribution in [3.05, 3.63) is 106 Å². The summed E-state index contributed by atoms with van der Waals surface area (Å²) in [7, 11) is 2.87. The van der Waals surface area contributed by atoms with Crippen LogP contribution >= 0.6 is 0 Å². The number of aromatic amines is 1. The van der Waals surface area contributed by atoms with Gasteiger partial charge in [-0.3, -0.25) is 15.1 Å². The first-order valence-corrected chi connectivity index (χ1v) is 10.6. The Labute approximate surface area is 196 Å². The van der Waals surface area contributed by atoms with E-state index < -0.39 is 10.9 Å². The maximum absolute atomic E-state index is 12.0. The summed E-state index contributed by atoms with van der Waals surface area (Å²) in [6.45, 7) is 0. The molecule has 8 heteroatoms. The Kier molecular flexibility index (Phi) is 6.68. The summed E-state index contributed by atoms with van der Waals surface area (Å²) in [6, 6.07) is 15.6. The normalized spacial score (nSPS) is 12.1. The number of nitrogens with zero attached hydrogens (tertiary/aromatic N) is 2. The summed E-state index contributed by atoms with van der Waals surface area (Å²) >= 11 is 0. The van der Waals surface area contributed by atoms with Crippen molar-refractivity contribution >= 4 is 28.6 Å². The Hall–Kier alpha value is -4.46. The molecule has 0 aliphatic rings. The SMILES string of the molecule is COC(=O)c1ccc(C(CC=Cc2ccccn2)c2c[nH]c3ccc([N+](=O)[O-])cc23)c(OC)c1. The number of hydrogen-bond acceptors (Lipinski definition) is 6. The molecule has 0 bridgehead atoms. The molecule has 2 aromatic heterocycles. The Balaban J connectivity index is 1.82. The minimum atomic E-state index is -0.459. The summed E-state index contributed by atoms with van der Waals surface area (Å²) in [6.07, 6.45) is 8.10. The third-order valence-corrected chi connectivity index (χ3v) is 5.66. The highest BCUT2D eigenvalue weighted by Gasteiger charge is 2.23. The lowest BCUT2D eigenvalue weighted by molar-refractivity contribution is -0.384. The van der Waals surface area contributed by atoms with E-state index in [-0.39, 0.29) is 11.6 Å². The molecule has 0 spiro atoms. The molecule has 2 aromatic carbocycles. The number of carbonyl (C=O) groups excluding carboxylic acids is 1. The molecule has 1 atom stereocenters. The highest BCUT2D eigenvalue weighted by molar-refractivity contribution is 5.90. The Bertz CT molecular complexity index is 1360. The molecule has 0 amide bonds. The van der Waals surface area contributed by atoms with Crippen LogP contribution in [-0.4, -0.2) is 35.1 Å². The zero-order valence-corrected chi connectivity index (χ0v) is 18.7. The van der Waals surface area contributed by atoms with Crippen molar-refractivity contribution in [1.82, 2.24) is 9.97 Å². The van der Waals surface area contributed by atoms with Gasteiger partial charge in [0.1, 0.15) is 5.75 Å². The van der Waals surface area contributed by atoms with Gasteiger partial charge in [0.25, 0.3) is 5.69 Å². The quantitative estimate of drug-likeness (QED) is 0.213. The molecule has 34 heavy (non-hydrogen) atoms. The lowest BCUT2D eigenvalue weighted by Gasteiger charge is -2.19. The maximum atomic E-state index is 12.0. The molecule has 4 rings (SSSR count). The summed E-state index contributed by atoms with van der Waals surface area (Å²) < 4.78 is 10.5. The molecule has 0 aliphatic heterocycles. The number of fused-ring (bicyclic) bond motifs is 1. The Morgan fingerprint density at radius 3 is 2.71 bits per heavy atom. The van der Waals surface area contributed by atoms with Crippen molar-refractivity contribution in [2.24, 2.45) is 0 Å². The third kappa shape index (κ3) is 4.66. The first-order valence-electron chi connectivity index (χ1n) is 10.6. The van der Waals surface area contributed by atoms with Gasteiger partial charge in [-0.05, 0) is 48.4 Å². The topological polar surface area (TPSA) is 107 Å². The van der Waals surface area contributed by atoms with Gasteiger partial charge in [-0.1, -0.05) is 18.2 Å². The highest BCUT2D eigenvalue weighted by atomic mass is 16.6. The van der Waals surface area contributed by atoms with Gasteiger partial charge in [0.15, 0.2) is 0 Å². The molecule has 1 N–H and O–H groups in total. The van der Waals surface area contributed by atoms with Gasteiger partial charge in [0, 0.05) is 46.9 Å². The van der Waals surface area contributed by atoms with E-state index in [4.69, 9.17) is 9.47 Å². The van der Waals surface area contributed by atoms with E-state index >= 15 is 0 Å². The molecule has 0 aliphatic carbocycles. The van der Waals surface area contributed by atoms with Crippen LogP contribution in [-0.2, 0) is 4.74 Å². The lowest BCUT2D eigenvalue weighted by atomic mass is 9.86. The Morgan fingerprint density at radius 1 is 1.15 bits per heavy atom. The van der Waals surface area contributed by atoms with Crippen LogP contribution in [0.1, 0.15) is 39.5 Å². The number of methoxy groups -OCH3 is 2. The van der Waals surface area contributed by atoms with E-state index in [1.54, 1.807) is 37.6 Å². The van der Waals surface area contributed by atoms with Crippen molar-refractivity contribution in [2.45, 2.75) is 12.3 Å². The summed E-state index contributed by atoms with van der Waals surface area (Å²) in [4.78, 5) is 30.6. The average Bonchev–Trinajstić information content (AvgIpc) is 3.29. The number of pyridine rings is 1. The molecule has 2 heterocycles. The van der Waals surface area contributed by atoms with Crippen LogP contribution < -0.4 is 4.74 Å². The second-order valence-corrected chi connectivity index (χ2v) is 7.62. The van der Waals surface area contributed by atoms with E-state index in [9.17, 15) is 14.9 Å². The number of carbonyl (C=O) groups is 1. The van der Waals surface area contributed by atoms with Crippen LogP contribution in [0.4, 0.5) is 5.69 Å². The number of benzene rings is 2. The van der Waals surface area contributed by atoms with Gasteiger partial charge < -0.3 is 14.5 Å². The van der Waals surface area contributed by atoms with E-state index in [1.165, 1.54) is 13.2 Å². The van der Waals surface area contributed by atoms with E-state index in [0.717, 1.165) is 27.7 Å². The minimum absolute atomic E-state index is 0.0177. The van der Waals surface area contributed by atoms with Crippen molar-refractivity contribution < 1.29 is 19.2 Å². The molecule has 0 saturated carbocycles. The number of ether oxygens (including phenoxy) is 2. The van der Waals surface area contributed by atoms with Crippen molar-refractivity contribution in [1.29, 1.82) is 0 Å². The zero-order valence-electron chi connectivity index (χ0n) is 18.7. The summed E-state index contributed by atoms with van der Waals surface area (Å²) in [5.74, 6) is -0.143. The number of hydrogen-bond donors (Lipinski definition) is 1. The number of aromatic nitrogens is 2. The number of nitro groups is 1. The van der Waals surface area contributed by atoms with E-state index in [1.807, 2.05) is 42.6 Å². The van der Waals surface area contributed by atoms with E-state index in [2.05, 4.69) is 9.97 Å². The van der Waals surface area contributed by atoms with Gasteiger partial charge >= 0.3 is 5.97 Å². The predicted molar refractivity (Wildman–Crippen MR) is 129 cm³/mol. The summed E-state index contributed by atoms with van der Waals surface area (Å²) in [5.41, 5.74) is 3.74. The average molecular weight is 457 g/mol. The van der Waals surface area contributed by atoms with Crippen LogP contribution in [0.3, 0.4) is 0 Å². The van der Waals surface area contributed by atoms with E-state index in [0.29, 0.717) is 17.7 Å². The zero-order chi connectivity index (χ0) is 24.1. The van der Waals surface area contributed by atoms with Gasteiger partial charge in [0.2, 0.25) is 0 Å². The number of rotatable bonds is 8. The first kappa shape index (κ1) is 22.7. The largest absolute Gasteiger partial charge is 0.496 e. The van der Waals surface area contributed by atoms with Gasteiger partial charge in [-0.15, -0.1) is 0 Å². The number of nitrogens with one attached hydrogen (secondary N) is 1. The fourth-order valence-electron chi connectivity index (χ4n) is 4.00. The number of allylic oxidation sites excluding steroid dienone is 1. The standard InChI is InChI=1S/C26H23N3O5/c1-33-25-14-17(26(30)34-2)9-11-21(25)20(8-5-7-18-6-3-4-13-27-18)23-16-28-24-12-10-19(29(31)32)15-22(23)24/h3-7,9-16,20,28H,8H2,1-2H3. The minimum Gasteiger partial charge on any atom is -0.496 e. The van der Waals surface area contributed by atoms with Crippen LogP contribution in [0, 0.1) is 10.1 Å². The first-order chi connectivity index (χ1) is 16.5. The van der Waals surface area contributed by atoms with Crippen molar-refractivity contribution in [2.75, 3.05) is 14.2 Å². The second-order valence-electron chi connectivity index (χ2n) is 7.62. The lowest BCUT2D eigenvalue weighted by Crippen LogP contribution is -2.06. The number of H-pyrrole nitrogens is 1. The predicted octanol–water partition coefficient (Wildman–Crippen LogP) is 5.50. The molecular formula is C26H23N3O5. The number of nitro benzene ring substituents is 1. The monoisotopic (exact) mass is 457 g/mol. The van der Waals surface area contributed by atoms with Crippen LogP contribution in [0.15, 0.2) is 73.1 Å². The summed E-state index contributed by atoms with van der Waals surface area (Å²) in [5, 5.41) is 12.1. The van der Waals surface area contributed by atoms with Gasteiger partial charge in [0.05, 0.1) is 30.4 Å².